The number of halogens is 2. The van der Waals surface area contributed by atoms with Gasteiger partial charge in [0, 0.05) is 22.6 Å². The lowest BCUT2D eigenvalue weighted by atomic mass is 9.78. The van der Waals surface area contributed by atoms with Crippen molar-refractivity contribution < 1.29 is 18.3 Å². The van der Waals surface area contributed by atoms with Gasteiger partial charge in [-0.1, -0.05) is 31.1 Å². The van der Waals surface area contributed by atoms with Gasteiger partial charge in [-0.15, -0.1) is 0 Å². The van der Waals surface area contributed by atoms with E-state index < -0.39 is 11.2 Å². The molecule has 0 radical (unpaired) electrons. The molecule has 3 aromatic rings. The highest BCUT2D eigenvalue weighted by Gasteiger charge is 2.43. The second kappa shape index (κ2) is 8.03. The first kappa shape index (κ1) is 19.9. The number of hydrogen-bond donors (Lipinski definition) is 0. The van der Waals surface area contributed by atoms with Crippen molar-refractivity contribution in [1.82, 2.24) is 9.55 Å². The van der Waals surface area contributed by atoms with Gasteiger partial charge in [-0.25, -0.2) is 9.78 Å². The second-order valence-electron chi connectivity index (χ2n) is 5.85. The van der Waals surface area contributed by atoms with E-state index in [9.17, 15) is 18.8 Å². The first-order valence-electron chi connectivity index (χ1n) is 8.65. The van der Waals surface area contributed by atoms with Gasteiger partial charge in [-0.05, 0) is 30.8 Å². The Balaban J connectivity index is 2.17. The third kappa shape index (κ3) is 3.60. The van der Waals surface area contributed by atoms with E-state index >= 15 is 0 Å². The minimum atomic E-state index is -3.77. The molecule has 0 aliphatic heterocycles. The fourth-order valence-corrected chi connectivity index (χ4v) is 3.68. The number of thioether (sulfide) groups is 1. The molecule has 1 aromatic heterocycles. The molecule has 0 unspecified atom stereocenters. The molecule has 0 spiro atoms. The largest absolute Gasteiger partial charge is 0.461 e. The zero-order valence-corrected chi connectivity index (χ0v) is 16.1. The van der Waals surface area contributed by atoms with Crippen LogP contribution in [-0.4, -0.2) is 34.7 Å². The topological polar surface area (TPSA) is 67.9 Å². The molecule has 142 valence electrons. The molecule has 0 aliphatic carbocycles. The SMILES string of the molecule is CBc1cnc(SC(F)(F)C(=O)OCC)n1-c1ccc(C#N)c2ccccc12. The maximum atomic E-state index is 14.3. The quantitative estimate of drug-likeness (QED) is 0.362. The lowest BCUT2D eigenvalue weighted by Crippen LogP contribution is -2.28. The molecule has 0 saturated heterocycles. The Morgan fingerprint density at radius 1 is 1.32 bits per heavy atom. The van der Waals surface area contributed by atoms with Crippen molar-refractivity contribution in [2.75, 3.05) is 6.61 Å². The molecule has 1 heterocycles. The zero-order valence-electron chi connectivity index (χ0n) is 15.3. The van der Waals surface area contributed by atoms with E-state index in [0.29, 0.717) is 29.5 Å². The number of carbonyl (C=O) groups excluding carboxylic acids is 1. The minimum absolute atomic E-state index is 0.0234. The molecule has 0 bridgehead atoms. The number of imidazole rings is 1. The molecule has 0 atom stereocenters. The van der Waals surface area contributed by atoms with Crippen LogP contribution in [-0.2, 0) is 9.53 Å². The summed E-state index contributed by atoms with van der Waals surface area (Å²) in [5, 5.41) is 7.00. The Morgan fingerprint density at radius 3 is 2.68 bits per heavy atom. The summed E-state index contributed by atoms with van der Waals surface area (Å²) in [5.41, 5.74) is 1.81. The number of nitriles is 1. The third-order valence-corrected chi connectivity index (χ3v) is 5.05. The number of carbonyl (C=O) groups is 1. The van der Waals surface area contributed by atoms with E-state index in [4.69, 9.17) is 0 Å². The molecule has 2 aromatic carbocycles. The van der Waals surface area contributed by atoms with E-state index in [1.165, 1.54) is 13.1 Å². The molecule has 0 N–H and O–H groups in total. The van der Waals surface area contributed by atoms with E-state index in [-0.39, 0.29) is 23.5 Å². The summed E-state index contributed by atoms with van der Waals surface area (Å²) >= 11 is 0.0491. The Bertz CT molecular complexity index is 1080. The highest BCUT2D eigenvalue weighted by Crippen LogP contribution is 2.37. The van der Waals surface area contributed by atoms with Gasteiger partial charge in [0.15, 0.2) is 12.4 Å². The van der Waals surface area contributed by atoms with Crippen molar-refractivity contribution in [1.29, 1.82) is 5.26 Å². The predicted molar refractivity (Wildman–Crippen MR) is 106 cm³/mol. The number of nitrogens with zero attached hydrogens (tertiary/aromatic N) is 3. The van der Waals surface area contributed by atoms with Crippen LogP contribution in [0.3, 0.4) is 0 Å². The number of rotatable bonds is 6. The van der Waals surface area contributed by atoms with E-state index in [1.54, 1.807) is 22.8 Å². The van der Waals surface area contributed by atoms with Crippen LogP contribution in [0.5, 0.6) is 0 Å². The van der Waals surface area contributed by atoms with Gasteiger partial charge in [-0.2, -0.15) is 14.0 Å². The number of benzene rings is 2. The smallest absolute Gasteiger partial charge is 0.395 e. The maximum Gasteiger partial charge on any atom is 0.395 e. The summed E-state index contributed by atoms with van der Waals surface area (Å²) in [6, 6.07) is 12.7. The molecule has 0 amide bonds. The summed E-state index contributed by atoms with van der Waals surface area (Å²) in [4.78, 5) is 15.7. The van der Waals surface area contributed by atoms with Crippen molar-refractivity contribution in [3.8, 4) is 11.8 Å². The van der Waals surface area contributed by atoms with Crippen molar-refractivity contribution >= 4 is 41.4 Å². The van der Waals surface area contributed by atoms with Gasteiger partial charge in [0.2, 0.25) is 0 Å². The van der Waals surface area contributed by atoms with E-state index in [2.05, 4.69) is 15.8 Å². The number of ether oxygens (including phenoxy) is 1. The second-order valence-corrected chi connectivity index (χ2v) is 6.93. The number of alkyl halides is 2. The van der Waals surface area contributed by atoms with Gasteiger partial charge in [0.25, 0.3) is 0 Å². The Kier molecular flexibility index (Phi) is 5.70. The van der Waals surface area contributed by atoms with Crippen LogP contribution in [0.25, 0.3) is 16.5 Å². The lowest BCUT2D eigenvalue weighted by Gasteiger charge is -2.17. The van der Waals surface area contributed by atoms with Crippen LogP contribution in [0.2, 0.25) is 6.82 Å². The van der Waals surface area contributed by atoms with Crippen LogP contribution >= 0.6 is 11.8 Å². The average molecular weight is 399 g/mol. The van der Waals surface area contributed by atoms with Crippen molar-refractivity contribution in [2.24, 2.45) is 0 Å². The molecular weight excluding hydrogens is 383 g/mol. The first-order chi connectivity index (χ1) is 13.4. The first-order valence-corrected chi connectivity index (χ1v) is 9.47. The Hall–Kier alpha value is -2.86. The highest BCUT2D eigenvalue weighted by molar-refractivity contribution is 8.00. The van der Waals surface area contributed by atoms with Gasteiger partial charge >= 0.3 is 11.2 Å². The average Bonchev–Trinajstić information content (AvgIpc) is 3.09. The summed E-state index contributed by atoms with van der Waals surface area (Å²) in [5.74, 6) is -1.60. The standard InChI is InChI=1S/C19H16BF2N3O2S/c1-3-27-17(26)19(21,22)28-18-24-11-16(20-2)25(18)15-9-8-12(10-23)13-6-4-5-7-14(13)15/h4-9,11,20H,3H2,1-2H3. The fraction of sp³-hybridized carbons (Fsp3) is 0.211. The molecule has 0 aliphatic rings. The third-order valence-electron chi connectivity index (χ3n) is 4.16. The van der Waals surface area contributed by atoms with Crippen LogP contribution in [0.1, 0.15) is 12.5 Å². The molecule has 5 nitrogen and oxygen atoms in total. The van der Waals surface area contributed by atoms with Gasteiger partial charge in [-0.3, -0.25) is 0 Å². The van der Waals surface area contributed by atoms with Gasteiger partial charge in [0.05, 0.1) is 23.9 Å². The molecule has 9 heteroatoms. The maximum absolute atomic E-state index is 14.3. The molecule has 28 heavy (non-hydrogen) atoms. The Labute approximate surface area is 165 Å². The van der Waals surface area contributed by atoms with Crippen molar-refractivity contribution in [3.63, 3.8) is 0 Å². The number of esters is 1. The van der Waals surface area contributed by atoms with Gasteiger partial charge in [0.1, 0.15) is 0 Å². The number of aromatic nitrogens is 2. The lowest BCUT2D eigenvalue weighted by molar-refractivity contribution is -0.159. The summed E-state index contributed by atoms with van der Waals surface area (Å²) < 4.78 is 34.7. The predicted octanol–water partition coefficient (Wildman–Crippen LogP) is 3.26. The highest BCUT2D eigenvalue weighted by atomic mass is 32.2. The van der Waals surface area contributed by atoms with E-state index in [0.717, 1.165) is 5.39 Å². The van der Waals surface area contributed by atoms with Crippen molar-refractivity contribution in [3.05, 3.63) is 48.2 Å². The molecule has 0 saturated carbocycles. The van der Waals surface area contributed by atoms with Crippen molar-refractivity contribution in [2.45, 2.75) is 24.2 Å². The Morgan fingerprint density at radius 2 is 2.04 bits per heavy atom. The fourth-order valence-electron chi connectivity index (χ4n) is 2.89. The normalized spacial score (nSPS) is 11.2. The summed E-state index contributed by atoms with van der Waals surface area (Å²) in [6.45, 7) is 3.22. The van der Waals surface area contributed by atoms with Gasteiger partial charge < -0.3 is 9.30 Å². The zero-order chi connectivity index (χ0) is 20.3. The summed E-state index contributed by atoms with van der Waals surface area (Å²) in [7, 11) is 0.548. The molecule has 3 rings (SSSR count). The van der Waals surface area contributed by atoms with Crippen LogP contribution < -0.4 is 5.59 Å². The van der Waals surface area contributed by atoms with E-state index in [1.807, 2.05) is 25.0 Å². The summed E-state index contributed by atoms with van der Waals surface area (Å²) in [6.07, 6.45) is 1.51. The monoisotopic (exact) mass is 399 g/mol. The number of hydrogen-bond acceptors (Lipinski definition) is 5. The van der Waals surface area contributed by atoms with Crippen LogP contribution in [0.4, 0.5) is 8.78 Å². The van der Waals surface area contributed by atoms with Crippen LogP contribution in [0, 0.1) is 11.3 Å². The molecule has 0 fully saturated rings. The number of fused-ring (bicyclic) bond motifs is 1. The van der Waals surface area contributed by atoms with Crippen LogP contribution in [0.15, 0.2) is 47.8 Å². The minimum Gasteiger partial charge on any atom is -0.461 e. The molecular formula is C19H16BF2N3O2S.